The smallest absolute Gasteiger partial charge is 0.323 e. The molecule has 0 aromatic rings. The molecule has 1 atom stereocenters. The van der Waals surface area contributed by atoms with Crippen LogP contribution in [0, 0.1) is 5.92 Å². The number of nitrogens with zero attached hydrogens (tertiary/aromatic N) is 1. The number of amides is 1. The number of hydrogen-bond donors (Lipinski definition) is 1. The summed E-state index contributed by atoms with van der Waals surface area (Å²) >= 11 is 0. The van der Waals surface area contributed by atoms with Crippen molar-refractivity contribution in [3.63, 3.8) is 0 Å². The van der Waals surface area contributed by atoms with Gasteiger partial charge in [-0.05, 0) is 31.7 Å². The molecule has 1 saturated heterocycles. The maximum Gasteiger partial charge on any atom is 0.323 e. The van der Waals surface area contributed by atoms with Gasteiger partial charge in [0.05, 0.1) is 13.7 Å². The van der Waals surface area contributed by atoms with Crippen molar-refractivity contribution in [1.29, 1.82) is 0 Å². The molecule has 0 aromatic heterocycles. The minimum absolute atomic E-state index is 0.00328. The second-order valence-electron chi connectivity index (χ2n) is 5.54. The lowest BCUT2D eigenvalue weighted by Gasteiger charge is -2.33. The summed E-state index contributed by atoms with van der Waals surface area (Å²) in [6.07, 6.45) is 3.82. The van der Waals surface area contributed by atoms with Gasteiger partial charge in [0.1, 0.15) is 6.04 Å². The molecule has 0 radical (unpaired) electrons. The SMILES string of the molecule is COC(=O)C1CCCCN1CC(=O)NCCC(C)C. The Balaban J connectivity index is 2.39. The van der Waals surface area contributed by atoms with E-state index in [4.69, 9.17) is 4.74 Å². The second kappa shape index (κ2) is 8.15. The highest BCUT2D eigenvalue weighted by Crippen LogP contribution is 2.17. The van der Waals surface area contributed by atoms with Gasteiger partial charge < -0.3 is 10.1 Å². The summed E-state index contributed by atoms with van der Waals surface area (Å²) in [7, 11) is 1.40. The lowest BCUT2D eigenvalue weighted by molar-refractivity contribution is -0.148. The molecule has 5 heteroatoms. The van der Waals surface area contributed by atoms with E-state index in [0.29, 0.717) is 12.5 Å². The molecule has 1 unspecified atom stereocenters. The minimum Gasteiger partial charge on any atom is -0.468 e. The van der Waals surface area contributed by atoms with Crippen LogP contribution in [0.25, 0.3) is 0 Å². The number of piperidine rings is 1. The molecule has 110 valence electrons. The first kappa shape index (κ1) is 16.0. The summed E-state index contributed by atoms with van der Waals surface area (Å²) in [5, 5.41) is 2.91. The molecule has 1 N–H and O–H groups in total. The maximum atomic E-state index is 11.8. The third-order valence-corrected chi connectivity index (χ3v) is 3.48. The highest BCUT2D eigenvalue weighted by Gasteiger charge is 2.30. The van der Waals surface area contributed by atoms with Gasteiger partial charge in [-0.25, -0.2) is 0 Å². The monoisotopic (exact) mass is 270 g/mol. The molecule has 5 nitrogen and oxygen atoms in total. The van der Waals surface area contributed by atoms with Gasteiger partial charge in [-0.2, -0.15) is 0 Å². The first-order valence-electron chi connectivity index (χ1n) is 7.13. The Bertz CT molecular complexity index is 305. The molecule has 0 saturated carbocycles. The van der Waals surface area contributed by atoms with E-state index in [1.165, 1.54) is 7.11 Å². The summed E-state index contributed by atoms with van der Waals surface area (Å²) < 4.78 is 4.80. The number of nitrogens with one attached hydrogen (secondary N) is 1. The van der Waals surface area contributed by atoms with Gasteiger partial charge in [-0.3, -0.25) is 14.5 Å². The van der Waals surface area contributed by atoms with Crippen LogP contribution < -0.4 is 5.32 Å². The number of carbonyl (C=O) groups is 2. The van der Waals surface area contributed by atoms with Crippen molar-refractivity contribution in [1.82, 2.24) is 10.2 Å². The van der Waals surface area contributed by atoms with E-state index in [9.17, 15) is 9.59 Å². The summed E-state index contributed by atoms with van der Waals surface area (Å²) in [5.41, 5.74) is 0. The van der Waals surface area contributed by atoms with Crippen LogP contribution in [0.1, 0.15) is 39.5 Å². The first-order valence-corrected chi connectivity index (χ1v) is 7.13. The predicted octanol–water partition coefficient (Wildman–Crippen LogP) is 1.18. The van der Waals surface area contributed by atoms with E-state index in [1.54, 1.807) is 0 Å². The number of esters is 1. The van der Waals surface area contributed by atoms with Crippen LogP contribution in [-0.4, -0.2) is 49.6 Å². The molecule has 1 amide bonds. The van der Waals surface area contributed by atoms with E-state index in [2.05, 4.69) is 19.2 Å². The fraction of sp³-hybridized carbons (Fsp3) is 0.857. The van der Waals surface area contributed by atoms with Crippen molar-refractivity contribution in [3.8, 4) is 0 Å². The molecule has 1 rings (SSSR count). The molecule has 0 aliphatic carbocycles. The molecule has 1 aliphatic heterocycles. The summed E-state index contributed by atoms with van der Waals surface area (Å²) in [4.78, 5) is 25.4. The van der Waals surface area contributed by atoms with Crippen LogP contribution in [0.15, 0.2) is 0 Å². The fourth-order valence-corrected chi connectivity index (χ4v) is 2.32. The van der Waals surface area contributed by atoms with Crippen molar-refractivity contribution in [3.05, 3.63) is 0 Å². The van der Waals surface area contributed by atoms with Gasteiger partial charge in [0.15, 0.2) is 0 Å². The Kier molecular flexibility index (Phi) is 6.84. The van der Waals surface area contributed by atoms with Crippen LogP contribution in [0.5, 0.6) is 0 Å². The molecule has 19 heavy (non-hydrogen) atoms. The molecule has 1 fully saturated rings. The Morgan fingerprint density at radius 3 is 2.74 bits per heavy atom. The average Bonchev–Trinajstić information content (AvgIpc) is 2.38. The molecule has 1 heterocycles. The molecule has 0 bridgehead atoms. The predicted molar refractivity (Wildman–Crippen MR) is 73.7 cm³/mol. The Hall–Kier alpha value is -1.10. The zero-order chi connectivity index (χ0) is 14.3. The molecular weight excluding hydrogens is 244 g/mol. The van der Waals surface area contributed by atoms with Crippen LogP contribution in [0.3, 0.4) is 0 Å². The summed E-state index contributed by atoms with van der Waals surface area (Å²) in [5.74, 6) is 0.351. The number of methoxy groups -OCH3 is 1. The van der Waals surface area contributed by atoms with E-state index in [-0.39, 0.29) is 24.5 Å². The third-order valence-electron chi connectivity index (χ3n) is 3.48. The lowest BCUT2D eigenvalue weighted by atomic mass is 10.0. The normalized spacial score (nSPS) is 20.3. The number of rotatable bonds is 6. The Morgan fingerprint density at radius 1 is 1.37 bits per heavy atom. The van der Waals surface area contributed by atoms with Crippen molar-refractivity contribution in [2.75, 3.05) is 26.7 Å². The van der Waals surface area contributed by atoms with Gasteiger partial charge >= 0.3 is 5.97 Å². The first-order chi connectivity index (χ1) is 9.04. The molecule has 0 aromatic carbocycles. The van der Waals surface area contributed by atoms with E-state index >= 15 is 0 Å². The standard InChI is InChI=1S/C14H26N2O3/c1-11(2)7-8-15-13(17)10-16-9-5-4-6-12(16)14(18)19-3/h11-12H,4-10H2,1-3H3,(H,15,17). The minimum atomic E-state index is -0.255. The van der Waals surface area contributed by atoms with Crippen molar-refractivity contribution in [2.24, 2.45) is 5.92 Å². The van der Waals surface area contributed by atoms with Gasteiger partial charge in [-0.15, -0.1) is 0 Å². The highest BCUT2D eigenvalue weighted by atomic mass is 16.5. The fourth-order valence-electron chi connectivity index (χ4n) is 2.32. The summed E-state index contributed by atoms with van der Waals surface area (Å²) in [6.45, 7) is 6.04. The highest BCUT2D eigenvalue weighted by molar-refractivity contribution is 5.80. The lowest BCUT2D eigenvalue weighted by Crippen LogP contribution is -2.49. The van der Waals surface area contributed by atoms with Gasteiger partial charge in [0, 0.05) is 6.54 Å². The van der Waals surface area contributed by atoms with Crippen LogP contribution in [-0.2, 0) is 14.3 Å². The maximum absolute atomic E-state index is 11.8. The third kappa shape index (κ3) is 5.59. The number of carbonyl (C=O) groups excluding carboxylic acids is 2. The van der Waals surface area contributed by atoms with Crippen molar-refractivity contribution in [2.45, 2.75) is 45.6 Å². The van der Waals surface area contributed by atoms with E-state index in [0.717, 1.165) is 32.2 Å². The Morgan fingerprint density at radius 2 is 2.11 bits per heavy atom. The Labute approximate surface area is 115 Å². The molecule has 1 aliphatic rings. The topological polar surface area (TPSA) is 58.6 Å². The summed E-state index contributed by atoms with van der Waals surface area (Å²) in [6, 6.07) is -0.255. The molecular formula is C14H26N2O3. The number of likely N-dealkylation sites (tertiary alicyclic amines) is 1. The van der Waals surface area contributed by atoms with Crippen LogP contribution >= 0.6 is 0 Å². The van der Waals surface area contributed by atoms with E-state index in [1.807, 2.05) is 4.90 Å². The van der Waals surface area contributed by atoms with Crippen LogP contribution in [0.4, 0.5) is 0 Å². The number of ether oxygens (including phenoxy) is 1. The van der Waals surface area contributed by atoms with Gasteiger partial charge in [-0.1, -0.05) is 20.3 Å². The van der Waals surface area contributed by atoms with Crippen molar-refractivity contribution >= 4 is 11.9 Å². The zero-order valence-electron chi connectivity index (χ0n) is 12.3. The van der Waals surface area contributed by atoms with E-state index < -0.39 is 0 Å². The zero-order valence-corrected chi connectivity index (χ0v) is 12.3. The second-order valence-corrected chi connectivity index (χ2v) is 5.54. The molecule has 0 spiro atoms. The largest absolute Gasteiger partial charge is 0.468 e. The van der Waals surface area contributed by atoms with Gasteiger partial charge in [0.25, 0.3) is 0 Å². The average molecular weight is 270 g/mol. The number of hydrogen-bond acceptors (Lipinski definition) is 4. The van der Waals surface area contributed by atoms with Crippen LogP contribution in [0.2, 0.25) is 0 Å². The van der Waals surface area contributed by atoms with Gasteiger partial charge in [0.2, 0.25) is 5.91 Å². The quantitative estimate of drug-likeness (QED) is 0.736. The van der Waals surface area contributed by atoms with Crippen molar-refractivity contribution < 1.29 is 14.3 Å².